The van der Waals surface area contributed by atoms with E-state index < -0.39 is 58.9 Å². The number of halogens is 1. The Balaban J connectivity index is 1.20. The fraction of sp³-hybridized carbons (Fsp3) is 0.561. The summed E-state index contributed by atoms with van der Waals surface area (Å²) in [6, 6.07) is 3.12. The Kier molecular flexibility index (Phi) is 11.6. The van der Waals surface area contributed by atoms with Gasteiger partial charge in [0.15, 0.2) is 5.13 Å². The van der Waals surface area contributed by atoms with Gasteiger partial charge in [-0.05, 0) is 50.7 Å². The minimum Gasteiger partial charge on any atom is -0.495 e. The van der Waals surface area contributed by atoms with Crippen molar-refractivity contribution >= 4 is 62.8 Å². The molecule has 7 rings (SSSR count). The number of amides is 3. The summed E-state index contributed by atoms with van der Waals surface area (Å²) in [5.41, 5.74) is -0.893. The number of thiazole rings is 1. The summed E-state index contributed by atoms with van der Waals surface area (Å²) in [5.74, 6) is -2.07. The second kappa shape index (κ2) is 16.2. The Morgan fingerprint density at radius 3 is 2.43 bits per heavy atom. The molecular formula is C41H51ClN6O9S. The van der Waals surface area contributed by atoms with E-state index in [4.69, 9.17) is 40.5 Å². The van der Waals surface area contributed by atoms with Gasteiger partial charge in [0.25, 0.3) is 0 Å². The number of carboxylic acid groups (broad SMARTS) is 1. The Labute approximate surface area is 346 Å². The third-order valence-corrected chi connectivity index (χ3v) is 12.4. The highest BCUT2D eigenvalue weighted by molar-refractivity contribution is 7.14. The number of carbonyl (C=O) groups is 4. The van der Waals surface area contributed by atoms with Gasteiger partial charge in [-0.15, -0.1) is 17.9 Å². The molecule has 15 nitrogen and oxygen atoms in total. The second-order valence-corrected chi connectivity index (χ2v) is 18.3. The molecule has 4 fully saturated rings. The van der Waals surface area contributed by atoms with Crippen molar-refractivity contribution in [2.24, 2.45) is 11.3 Å². The maximum Gasteiger partial charge on any atom is 0.408 e. The molecule has 3 aliphatic heterocycles. The van der Waals surface area contributed by atoms with Gasteiger partial charge in [-0.25, -0.2) is 19.6 Å². The number of nitrogens with one attached hydrogen (secondary N) is 3. The lowest BCUT2D eigenvalue weighted by atomic mass is 9.85. The van der Waals surface area contributed by atoms with E-state index in [1.165, 1.54) is 29.4 Å². The van der Waals surface area contributed by atoms with Crippen molar-refractivity contribution in [2.45, 2.75) is 121 Å². The summed E-state index contributed by atoms with van der Waals surface area (Å²) in [4.78, 5) is 65.8. The molecule has 4 N–H and O–H groups in total. The van der Waals surface area contributed by atoms with E-state index in [1.807, 2.05) is 40.0 Å². The number of benzene rings is 1. The molecule has 4 aliphatic rings. The van der Waals surface area contributed by atoms with Gasteiger partial charge in [0, 0.05) is 48.1 Å². The predicted molar refractivity (Wildman–Crippen MR) is 218 cm³/mol. The number of alkyl carbamates (subject to hydrolysis) is 1. The molecule has 5 heterocycles. The van der Waals surface area contributed by atoms with Crippen molar-refractivity contribution in [1.29, 1.82) is 0 Å². The van der Waals surface area contributed by atoms with E-state index in [9.17, 15) is 24.3 Å². The third kappa shape index (κ3) is 8.41. The van der Waals surface area contributed by atoms with Gasteiger partial charge in [-0.3, -0.25) is 9.59 Å². The highest BCUT2D eigenvalue weighted by atomic mass is 35.5. The van der Waals surface area contributed by atoms with Gasteiger partial charge in [-0.2, -0.15) is 0 Å². The van der Waals surface area contributed by atoms with Crippen LogP contribution in [0.5, 0.6) is 11.5 Å². The number of carbonyl (C=O) groups excluding carboxylic acids is 3. The number of pyridine rings is 1. The molecule has 2 unspecified atom stereocenters. The van der Waals surface area contributed by atoms with Gasteiger partial charge >= 0.3 is 12.1 Å². The summed E-state index contributed by atoms with van der Waals surface area (Å²) in [6.45, 7) is 13.1. The highest BCUT2D eigenvalue weighted by Gasteiger charge is 2.61. The predicted octanol–water partition coefficient (Wildman–Crippen LogP) is 6.19. The number of ether oxygens (including phenoxy) is 4. The first kappa shape index (κ1) is 41.5. The molecule has 0 spiro atoms. The molecule has 3 saturated heterocycles. The normalized spacial score (nSPS) is 26.9. The van der Waals surface area contributed by atoms with Crippen molar-refractivity contribution in [1.82, 2.24) is 25.5 Å². The lowest BCUT2D eigenvalue weighted by Gasteiger charge is -2.36. The van der Waals surface area contributed by atoms with Crippen LogP contribution in [0.25, 0.3) is 22.3 Å². The van der Waals surface area contributed by atoms with Crippen molar-refractivity contribution in [2.75, 3.05) is 19.0 Å². The first-order valence-corrected chi connectivity index (χ1v) is 20.9. The molecule has 3 aromatic rings. The van der Waals surface area contributed by atoms with Gasteiger partial charge < -0.3 is 44.9 Å². The van der Waals surface area contributed by atoms with Crippen LogP contribution in [0.1, 0.15) is 73.1 Å². The number of aromatic nitrogens is 2. The van der Waals surface area contributed by atoms with Gasteiger partial charge in [0.1, 0.15) is 52.0 Å². The number of hydrogen-bond donors (Lipinski definition) is 4. The lowest BCUT2D eigenvalue weighted by molar-refractivity contribution is -0.146. The molecule has 17 heteroatoms. The van der Waals surface area contributed by atoms with Crippen LogP contribution in [0.3, 0.4) is 0 Å². The molecular weight excluding hydrogens is 788 g/mol. The summed E-state index contributed by atoms with van der Waals surface area (Å²) in [5, 5.41) is 22.4. The van der Waals surface area contributed by atoms with Crippen LogP contribution in [0.2, 0.25) is 5.02 Å². The van der Waals surface area contributed by atoms with Crippen LogP contribution >= 0.6 is 22.9 Å². The number of fused-ring (bicyclic) bond motifs is 3. The zero-order valence-corrected chi connectivity index (χ0v) is 35.1. The van der Waals surface area contributed by atoms with E-state index in [0.717, 1.165) is 12.8 Å². The molecule has 312 valence electrons. The van der Waals surface area contributed by atoms with Gasteiger partial charge in [-0.1, -0.05) is 38.4 Å². The largest absolute Gasteiger partial charge is 0.495 e. The molecule has 2 aromatic heterocycles. The molecule has 58 heavy (non-hydrogen) atoms. The maximum atomic E-state index is 14.7. The fourth-order valence-electron chi connectivity index (χ4n) is 8.20. The molecule has 1 saturated carbocycles. The van der Waals surface area contributed by atoms with Crippen LogP contribution in [-0.4, -0.2) is 106 Å². The van der Waals surface area contributed by atoms with Crippen molar-refractivity contribution in [3.8, 4) is 22.9 Å². The number of rotatable bonds is 13. The average Bonchev–Trinajstić information content (AvgIpc) is 3.42. The fourth-order valence-corrected chi connectivity index (χ4v) is 9.33. The average molecular weight is 839 g/mol. The minimum atomic E-state index is -1.54. The molecule has 1 aliphatic carbocycles. The standard InChI is InChI=1S/C41H51ClN6O9S/c1-8-21-17-41(21,37(51)52)47-35(49)29-15-25(18-48(29)36(50)34(40(4,5)6)46-39(53)57-24-13-22-9-10-23(14-24)55-22)56-31-16-27(28-19-58-38(45-28)43-20(2)3)44-33-26(31)11-12-30(54-7)32(33)42/h8,11-12,16,19-25,29,34H,1,9-10,13-15,17-18H2,2-7H3,(H,43,45)(H,46,53)(H,47,49)(H,51,52)/t21?,22-,23+,24?,25-,29+,34-,41-/m1/s1. The number of likely N-dealkylation sites (tertiary alicyclic amines) is 1. The van der Waals surface area contributed by atoms with E-state index in [0.29, 0.717) is 51.8 Å². The molecule has 3 amide bonds. The van der Waals surface area contributed by atoms with Crippen molar-refractivity contribution in [3.05, 3.63) is 41.3 Å². The Morgan fingerprint density at radius 1 is 1.09 bits per heavy atom. The molecule has 8 atom stereocenters. The highest BCUT2D eigenvalue weighted by Crippen LogP contribution is 2.45. The first-order chi connectivity index (χ1) is 27.5. The third-order valence-electron chi connectivity index (χ3n) is 11.3. The van der Waals surface area contributed by atoms with Crippen LogP contribution in [0.4, 0.5) is 9.93 Å². The smallest absolute Gasteiger partial charge is 0.408 e. The maximum absolute atomic E-state index is 14.7. The number of aliphatic carboxylic acids is 1. The zero-order valence-electron chi connectivity index (χ0n) is 33.5. The Morgan fingerprint density at radius 2 is 1.81 bits per heavy atom. The first-order valence-electron chi connectivity index (χ1n) is 19.7. The second-order valence-electron chi connectivity index (χ2n) is 17.0. The molecule has 1 aromatic carbocycles. The van der Waals surface area contributed by atoms with Crippen LogP contribution < -0.4 is 25.4 Å². The zero-order chi connectivity index (χ0) is 41.7. The summed E-state index contributed by atoms with van der Waals surface area (Å²) in [6.07, 6.45) is 2.97. The summed E-state index contributed by atoms with van der Waals surface area (Å²) < 4.78 is 23.9. The number of hydrogen-bond acceptors (Lipinski definition) is 12. The Bertz CT molecular complexity index is 2090. The lowest BCUT2D eigenvalue weighted by Crippen LogP contribution is -2.59. The van der Waals surface area contributed by atoms with Gasteiger partial charge in [0.2, 0.25) is 11.8 Å². The minimum absolute atomic E-state index is 0.0143. The topological polar surface area (TPSA) is 191 Å². The quantitative estimate of drug-likeness (QED) is 0.143. The number of methoxy groups -OCH3 is 1. The number of anilines is 1. The van der Waals surface area contributed by atoms with Crippen LogP contribution in [0.15, 0.2) is 36.2 Å². The Hall–Kier alpha value is -4.67. The monoisotopic (exact) mass is 838 g/mol. The van der Waals surface area contributed by atoms with Crippen LogP contribution in [0, 0.1) is 11.3 Å². The number of carboxylic acids is 1. The summed E-state index contributed by atoms with van der Waals surface area (Å²) in [7, 11) is 1.51. The SMILES string of the molecule is C=CC1C[C@]1(NC(=O)[C@@H]1C[C@@H](Oc2cc(-c3csc(NC(C)C)n3)nc3c(Cl)c(OC)ccc23)CN1C(=O)[C@@H](NC(=O)OC1C[C@H]2CC[C@@H](C1)O2)C(C)(C)C)C(=O)O. The van der Waals surface area contributed by atoms with E-state index in [1.54, 1.807) is 18.2 Å². The van der Waals surface area contributed by atoms with E-state index in [2.05, 4.69) is 22.5 Å². The van der Waals surface area contributed by atoms with Crippen molar-refractivity contribution < 1.29 is 43.2 Å². The van der Waals surface area contributed by atoms with Crippen LogP contribution in [-0.2, 0) is 23.9 Å². The van der Waals surface area contributed by atoms with Crippen molar-refractivity contribution in [3.63, 3.8) is 0 Å². The van der Waals surface area contributed by atoms with E-state index >= 15 is 0 Å². The molecule has 0 radical (unpaired) electrons. The van der Waals surface area contributed by atoms with E-state index in [-0.39, 0.29) is 48.8 Å². The molecule has 2 bridgehead atoms. The van der Waals surface area contributed by atoms with Gasteiger partial charge in [0.05, 0.1) is 37.1 Å². The summed E-state index contributed by atoms with van der Waals surface area (Å²) >= 11 is 8.25. The number of nitrogens with zero attached hydrogens (tertiary/aromatic N) is 3.